The van der Waals surface area contributed by atoms with E-state index < -0.39 is 0 Å². The summed E-state index contributed by atoms with van der Waals surface area (Å²) in [4.78, 5) is 2.56. The summed E-state index contributed by atoms with van der Waals surface area (Å²) in [5.41, 5.74) is 1.43. The summed E-state index contributed by atoms with van der Waals surface area (Å²) >= 11 is 0. The Labute approximate surface area is 98.7 Å². The number of hydrogen-bond acceptors (Lipinski definition) is 2. The number of rotatable bonds is 3. The van der Waals surface area contributed by atoms with Gasteiger partial charge in [0.25, 0.3) is 0 Å². The molecule has 0 aliphatic carbocycles. The van der Waals surface area contributed by atoms with Crippen LogP contribution in [0.15, 0.2) is 30.3 Å². The first kappa shape index (κ1) is 11.6. The Morgan fingerprint density at radius 2 is 2.06 bits per heavy atom. The number of hydrogen-bond donors (Lipinski definition) is 1. The normalized spacial score (nSPS) is 26.9. The Hall–Kier alpha value is -0.860. The minimum atomic E-state index is 0.701. The number of nitrogens with zero attached hydrogens (tertiary/aromatic N) is 1. The second-order valence-electron chi connectivity index (χ2n) is 4.88. The quantitative estimate of drug-likeness (QED) is 0.836. The van der Waals surface area contributed by atoms with E-state index in [1.54, 1.807) is 0 Å². The third kappa shape index (κ3) is 2.83. The molecule has 1 aliphatic rings. The molecule has 2 rings (SSSR count). The molecule has 1 fully saturated rings. The van der Waals surface area contributed by atoms with Gasteiger partial charge in [-0.15, -0.1) is 0 Å². The second-order valence-corrected chi connectivity index (χ2v) is 4.88. The van der Waals surface area contributed by atoms with E-state index in [0.29, 0.717) is 6.04 Å². The van der Waals surface area contributed by atoms with Crippen molar-refractivity contribution >= 4 is 0 Å². The lowest BCUT2D eigenvalue weighted by Gasteiger charge is -2.36. The summed E-state index contributed by atoms with van der Waals surface area (Å²) in [6.45, 7) is 5.87. The van der Waals surface area contributed by atoms with Crippen molar-refractivity contribution in [3.8, 4) is 0 Å². The highest BCUT2D eigenvalue weighted by Crippen LogP contribution is 2.18. The maximum absolute atomic E-state index is 3.41. The van der Waals surface area contributed by atoms with Crippen molar-refractivity contribution in [3.05, 3.63) is 35.9 Å². The van der Waals surface area contributed by atoms with Gasteiger partial charge in [-0.25, -0.2) is 0 Å². The molecule has 2 atom stereocenters. The number of benzene rings is 1. The average Bonchev–Trinajstić information content (AvgIpc) is 2.31. The van der Waals surface area contributed by atoms with Crippen molar-refractivity contribution in [2.24, 2.45) is 5.92 Å². The van der Waals surface area contributed by atoms with E-state index in [4.69, 9.17) is 0 Å². The van der Waals surface area contributed by atoms with Crippen LogP contribution in [0.25, 0.3) is 0 Å². The Morgan fingerprint density at radius 3 is 2.69 bits per heavy atom. The van der Waals surface area contributed by atoms with Crippen LogP contribution in [0.1, 0.15) is 18.9 Å². The molecule has 2 heteroatoms. The molecule has 1 aromatic rings. The van der Waals surface area contributed by atoms with Crippen LogP contribution >= 0.6 is 0 Å². The summed E-state index contributed by atoms with van der Waals surface area (Å²) < 4.78 is 0. The minimum Gasteiger partial charge on any atom is -0.317 e. The Bertz CT molecular complexity index is 310. The largest absolute Gasteiger partial charge is 0.317 e. The topological polar surface area (TPSA) is 15.3 Å². The zero-order chi connectivity index (χ0) is 11.4. The number of likely N-dealkylation sites (tertiary alicyclic amines) is 1. The summed E-state index contributed by atoms with van der Waals surface area (Å²) in [6, 6.07) is 11.5. The molecule has 1 N–H and O–H groups in total. The lowest BCUT2D eigenvalue weighted by molar-refractivity contribution is 0.145. The fourth-order valence-electron chi connectivity index (χ4n) is 2.65. The minimum absolute atomic E-state index is 0.701. The molecule has 0 amide bonds. The molecule has 0 radical (unpaired) electrons. The molecule has 0 aromatic heterocycles. The van der Waals surface area contributed by atoms with Crippen LogP contribution in [0, 0.1) is 5.92 Å². The summed E-state index contributed by atoms with van der Waals surface area (Å²) in [5.74, 6) is 0.752. The van der Waals surface area contributed by atoms with Crippen molar-refractivity contribution in [2.45, 2.75) is 25.9 Å². The van der Waals surface area contributed by atoms with Gasteiger partial charge in [-0.3, -0.25) is 4.90 Å². The van der Waals surface area contributed by atoms with Crippen molar-refractivity contribution in [3.63, 3.8) is 0 Å². The van der Waals surface area contributed by atoms with E-state index in [2.05, 4.69) is 54.5 Å². The zero-order valence-corrected chi connectivity index (χ0v) is 10.3. The molecule has 0 saturated carbocycles. The number of nitrogens with one attached hydrogen (secondary N) is 1. The van der Waals surface area contributed by atoms with Crippen LogP contribution in [0.5, 0.6) is 0 Å². The molecular formula is C14H22N2. The van der Waals surface area contributed by atoms with Gasteiger partial charge in [0.05, 0.1) is 0 Å². The molecule has 16 heavy (non-hydrogen) atoms. The molecule has 1 saturated heterocycles. The second kappa shape index (κ2) is 5.46. The fraction of sp³-hybridized carbons (Fsp3) is 0.571. The highest BCUT2D eigenvalue weighted by molar-refractivity contribution is 5.14. The molecule has 1 aromatic carbocycles. The molecule has 0 bridgehead atoms. The van der Waals surface area contributed by atoms with Crippen LogP contribution < -0.4 is 5.32 Å². The Morgan fingerprint density at radius 1 is 1.31 bits per heavy atom. The molecule has 1 heterocycles. The molecule has 1 aliphatic heterocycles. The van der Waals surface area contributed by atoms with Gasteiger partial charge in [0.15, 0.2) is 0 Å². The fourth-order valence-corrected chi connectivity index (χ4v) is 2.65. The van der Waals surface area contributed by atoms with Crippen LogP contribution in [0.2, 0.25) is 0 Å². The van der Waals surface area contributed by atoms with Crippen LogP contribution in [-0.4, -0.2) is 31.1 Å². The SMILES string of the molecule is CNC1CCN(Cc2ccccc2)CC1C. The standard InChI is InChI=1S/C14H22N2/c1-12-10-16(9-8-14(12)15-2)11-13-6-4-3-5-7-13/h3-7,12,14-15H,8-11H2,1-2H3. The third-order valence-corrected chi connectivity index (χ3v) is 3.61. The third-order valence-electron chi connectivity index (χ3n) is 3.61. The summed E-state index contributed by atoms with van der Waals surface area (Å²) in [7, 11) is 2.08. The van der Waals surface area contributed by atoms with Gasteiger partial charge in [-0.1, -0.05) is 37.3 Å². The molecule has 0 spiro atoms. The molecule has 88 valence electrons. The van der Waals surface area contributed by atoms with Crippen LogP contribution in [0.3, 0.4) is 0 Å². The molecule has 2 unspecified atom stereocenters. The smallest absolute Gasteiger partial charge is 0.0233 e. The van der Waals surface area contributed by atoms with Gasteiger partial charge < -0.3 is 5.32 Å². The Kier molecular flexibility index (Phi) is 3.97. The average molecular weight is 218 g/mol. The molecule has 2 nitrogen and oxygen atoms in total. The van der Waals surface area contributed by atoms with Gasteiger partial charge in [-0.05, 0) is 31.5 Å². The van der Waals surface area contributed by atoms with Gasteiger partial charge in [-0.2, -0.15) is 0 Å². The van der Waals surface area contributed by atoms with Crippen molar-refractivity contribution in [1.82, 2.24) is 10.2 Å². The first-order chi connectivity index (χ1) is 7.79. The van der Waals surface area contributed by atoms with Gasteiger partial charge in [0.2, 0.25) is 0 Å². The predicted molar refractivity (Wildman–Crippen MR) is 68.3 cm³/mol. The van der Waals surface area contributed by atoms with E-state index >= 15 is 0 Å². The maximum Gasteiger partial charge on any atom is 0.0233 e. The first-order valence-electron chi connectivity index (χ1n) is 6.23. The van der Waals surface area contributed by atoms with E-state index in [1.165, 1.54) is 25.1 Å². The van der Waals surface area contributed by atoms with Crippen LogP contribution in [-0.2, 0) is 6.54 Å². The summed E-state index contributed by atoms with van der Waals surface area (Å²) in [6.07, 6.45) is 1.27. The van der Waals surface area contributed by atoms with E-state index in [9.17, 15) is 0 Å². The highest BCUT2D eigenvalue weighted by atomic mass is 15.1. The van der Waals surface area contributed by atoms with Gasteiger partial charge in [0, 0.05) is 19.1 Å². The zero-order valence-electron chi connectivity index (χ0n) is 10.3. The van der Waals surface area contributed by atoms with E-state index in [0.717, 1.165) is 12.5 Å². The van der Waals surface area contributed by atoms with Gasteiger partial charge in [0.1, 0.15) is 0 Å². The van der Waals surface area contributed by atoms with Crippen LogP contribution in [0.4, 0.5) is 0 Å². The van der Waals surface area contributed by atoms with Crippen molar-refractivity contribution in [2.75, 3.05) is 20.1 Å². The van der Waals surface area contributed by atoms with E-state index in [-0.39, 0.29) is 0 Å². The Balaban J connectivity index is 1.89. The van der Waals surface area contributed by atoms with E-state index in [1.807, 2.05) is 0 Å². The lowest BCUT2D eigenvalue weighted by atomic mass is 9.94. The molecular weight excluding hydrogens is 196 g/mol. The summed E-state index contributed by atoms with van der Waals surface area (Å²) in [5, 5.41) is 3.41. The maximum atomic E-state index is 3.41. The monoisotopic (exact) mass is 218 g/mol. The number of piperidine rings is 1. The first-order valence-corrected chi connectivity index (χ1v) is 6.23. The predicted octanol–water partition coefficient (Wildman–Crippen LogP) is 2.12. The van der Waals surface area contributed by atoms with Gasteiger partial charge >= 0.3 is 0 Å². The highest BCUT2D eigenvalue weighted by Gasteiger charge is 2.24. The van der Waals surface area contributed by atoms with Crippen molar-refractivity contribution < 1.29 is 0 Å². The van der Waals surface area contributed by atoms with Crippen molar-refractivity contribution in [1.29, 1.82) is 0 Å². The lowest BCUT2D eigenvalue weighted by Crippen LogP contribution is -2.46.